The summed E-state index contributed by atoms with van der Waals surface area (Å²) in [6.45, 7) is 2.10. The molecule has 3 rings (SSSR count). The summed E-state index contributed by atoms with van der Waals surface area (Å²) >= 11 is 1.68. The van der Waals surface area contributed by atoms with Crippen LogP contribution in [0, 0.1) is 6.92 Å². The fourth-order valence-corrected chi connectivity index (χ4v) is 3.69. The van der Waals surface area contributed by atoms with E-state index in [4.69, 9.17) is 5.73 Å². The molecule has 3 nitrogen and oxygen atoms in total. The van der Waals surface area contributed by atoms with Crippen molar-refractivity contribution in [2.45, 2.75) is 19.8 Å². The lowest BCUT2D eigenvalue weighted by Gasteiger charge is -2.12. The number of primary amides is 1. The molecule has 0 aliphatic carbocycles. The maximum absolute atomic E-state index is 11.2. The van der Waals surface area contributed by atoms with Gasteiger partial charge in [-0.3, -0.25) is 4.79 Å². The Morgan fingerprint density at radius 1 is 1.08 bits per heavy atom. The van der Waals surface area contributed by atoms with Crippen molar-refractivity contribution in [2.24, 2.45) is 5.73 Å². The molecule has 122 valence electrons. The van der Waals surface area contributed by atoms with Crippen molar-refractivity contribution >= 4 is 17.2 Å². The fraction of sp³-hybridized carbons (Fsp3) is 0.150. The first kappa shape index (κ1) is 16.3. The molecule has 0 saturated heterocycles. The molecule has 3 aromatic rings. The van der Waals surface area contributed by atoms with Gasteiger partial charge in [0.1, 0.15) is 5.75 Å². The molecular weight excluding hydrogens is 318 g/mol. The topological polar surface area (TPSA) is 63.3 Å². The molecule has 1 amide bonds. The third-order valence-corrected chi connectivity index (χ3v) is 4.93. The largest absolute Gasteiger partial charge is 0.508 e. The number of aryl methyl sites for hydroxylation is 2. The van der Waals surface area contributed by atoms with E-state index in [0.717, 1.165) is 22.3 Å². The smallest absolute Gasteiger partial charge is 0.217 e. The summed E-state index contributed by atoms with van der Waals surface area (Å²) in [5.74, 6) is -0.0833. The average molecular weight is 337 g/mol. The van der Waals surface area contributed by atoms with E-state index in [1.807, 2.05) is 12.1 Å². The number of benzene rings is 2. The number of hydrogen-bond acceptors (Lipinski definition) is 3. The van der Waals surface area contributed by atoms with Gasteiger partial charge in [-0.15, -0.1) is 0 Å². The predicted molar refractivity (Wildman–Crippen MR) is 99.1 cm³/mol. The molecule has 0 saturated carbocycles. The van der Waals surface area contributed by atoms with Gasteiger partial charge >= 0.3 is 0 Å². The highest BCUT2D eigenvalue weighted by atomic mass is 32.1. The van der Waals surface area contributed by atoms with Crippen LogP contribution in [0.15, 0.2) is 53.2 Å². The Labute approximate surface area is 145 Å². The Morgan fingerprint density at radius 3 is 2.54 bits per heavy atom. The highest BCUT2D eigenvalue weighted by Crippen LogP contribution is 2.33. The molecule has 0 spiro atoms. The second-order valence-corrected chi connectivity index (χ2v) is 6.60. The number of thiophene rings is 1. The van der Waals surface area contributed by atoms with Crippen molar-refractivity contribution in [3.05, 3.63) is 64.4 Å². The SMILES string of the molecule is Cc1cscc1-c1ccc(-c2cccc(O)c2)c(CCC(N)=O)c1. The summed E-state index contributed by atoms with van der Waals surface area (Å²) < 4.78 is 0. The van der Waals surface area contributed by atoms with Gasteiger partial charge in [0, 0.05) is 6.42 Å². The van der Waals surface area contributed by atoms with Gasteiger partial charge < -0.3 is 10.8 Å². The minimum atomic E-state index is -0.311. The summed E-state index contributed by atoms with van der Waals surface area (Å²) in [7, 11) is 0. The lowest BCUT2D eigenvalue weighted by molar-refractivity contribution is -0.117. The molecule has 2 aromatic carbocycles. The first-order chi connectivity index (χ1) is 11.5. The molecule has 24 heavy (non-hydrogen) atoms. The minimum Gasteiger partial charge on any atom is -0.508 e. The van der Waals surface area contributed by atoms with Gasteiger partial charge in [-0.2, -0.15) is 11.3 Å². The van der Waals surface area contributed by atoms with E-state index in [9.17, 15) is 9.90 Å². The normalized spacial score (nSPS) is 10.7. The highest BCUT2D eigenvalue weighted by Gasteiger charge is 2.11. The van der Waals surface area contributed by atoms with Crippen LogP contribution in [0.5, 0.6) is 5.75 Å². The van der Waals surface area contributed by atoms with E-state index in [0.29, 0.717) is 12.8 Å². The number of phenolic OH excluding ortho intramolecular Hbond substituents is 1. The second-order valence-electron chi connectivity index (χ2n) is 5.86. The average Bonchev–Trinajstić information content (AvgIpc) is 2.98. The number of rotatable bonds is 5. The quantitative estimate of drug-likeness (QED) is 0.719. The van der Waals surface area contributed by atoms with Crippen molar-refractivity contribution in [2.75, 3.05) is 0 Å². The van der Waals surface area contributed by atoms with E-state index < -0.39 is 0 Å². The maximum Gasteiger partial charge on any atom is 0.217 e. The number of hydrogen-bond donors (Lipinski definition) is 2. The zero-order valence-electron chi connectivity index (χ0n) is 13.5. The molecule has 0 aliphatic rings. The Bertz CT molecular complexity index is 883. The Morgan fingerprint density at radius 2 is 1.88 bits per heavy atom. The van der Waals surface area contributed by atoms with E-state index in [2.05, 4.69) is 35.9 Å². The predicted octanol–water partition coefficient (Wildman–Crippen LogP) is 4.51. The molecule has 0 radical (unpaired) electrons. The Hall–Kier alpha value is -2.59. The van der Waals surface area contributed by atoms with Gasteiger partial charge in [0.25, 0.3) is 0 Å². The molecule has 0 aliphatic heterocycles. The molecule has 1 aromatic heterocycles. The van der Waals surface area contributed by atoms with Gasteiger partial charge in [-0.05, 0) is 69.6 Å². The molecular formula is C20H19NO2S. The summed E-state index contributed by atoms with van der Waals surface area (Å²) in [5, 5.41) is 14.0. The molecule has 4 heteroatoms. The molecule has 0 atom stereocenters. The second kappa shape index (κ2) is 6.89. The lowest BCUT2D eigenvalue weighted by atomic mass is 9.92. The van der Waals surface area contributed by atoms with Crippen molar-refractivity contribution in [1.29, 1.82) is 0 Å². The molecule has 0 unspecified atom stereocenters. The van der Waals surface area contributed by atoms with Crippen LogP contribution in [0.2, 0.25) is 0 Å². The summed E-state index contributed by atoms with van der Waals surface area (Å²) in [5.41, 5.74) is 11.9. The van der Waals surface area contributed by atoms with Gasteiger partial charge in [-0.25, -0.2) is 0 Å². The first-order valence-corrected chi connectivity index (χ1v) is 8.72. The van der Waals surface area contributed by atoms with Crippen molar-refractivity contribution in [1.82, 2.24) is 0 Å². The zero-order chi connectivity index (χ0) is 17.1. The molecule has 0 bridgehead atoms. The number of nitrogens with two attached hydrogens (primary N) is 1. The lowest BCUT2D eigenvalue weighted by Crippen LogP contribution is -2.11. The zero-order valence-corrected chi connectivity index (χ0v) is 14.3. The maximum atomic E-state index is 11.2. The Balaban J connectivity index is 2.07. The summed E-state index contributed by atoms with van der Waals surface area (Å²) in [6, 6.07) is 13.4. The number of carbonyl (C=O) groups is 1. The Kier molecular flexibility index (Phi) is 4.67. The highest BCUT2D eigenvalue weighted by molar-refractivity contribution is 7.08. The standard InChI is InChI=1S/C20H19NO2S/c1-13-11-24-12-19(13)16-5-7-18(14-3-2-4-17(22)10-14)15(9-16)6-8-20(21)23/h2-5,7,9-12,22H,6,8H2,1H3,(H2,21,23). The van der Waals surface area contributed by atoms with Crippen LogP contribution in [-0.4, -0.2) is 11.0 Å². The number of aromatic hydroxyl groups is 1. The van der Waals surface area contributed by atoms with Gasteiger partial charge in [-0.1, -0.05) is 30.3 Å². The van der Waals surface area contributed by atoms with E-state index in [1.54, 1.807) is 23.5 Å². The third-order valence-electron chi connectivity index (χ3n) is 4.07. The van der Waals surface area contributed by atoms with Gasteiger partial charge in [0.05, 0.1) is 0 Å². The first-order valence-electron chi connectivity index (χ1n) is 7.78. The van der Waals surface area contributed by atoms with Crippen molar-refractivity contribution in [3.8, 4) is 28.0 Å². The van der Waals surface area contributed by atoms with Crippen LogP contribution in [0.1, 0.15) is 17.5 Å². The number of phenols is 1. The van der Waals surface area contributed by atoms with Crippen LogP contribution < -0.4 is 5.73 Å². The summed E-state index contributed by atoms with van der Waals surface area (Å²) in [6.07, 6.45) is 0.884. The molecule has 0 fully saturated rings. The third kappa shape index (κ3) is 3.49. The van der Waals surface area contributed by atoms with Gasteiger partial charge in [0.15, 0.2) is 0 Å². The van der Waals surface area contributed by atoms with Gasteiger partial charge in [0.2, 0.25) is 5.91 Å². The van der Waals surface area contributed by atoms with E-state index >= 15 is 0 Å². The van der Waals surface area contributed by atoms with Crippen LogP contribution in [0.25, 0.3) is 22.3 Å². The van der Waals surface area contributed by atoms with Crippen LogP contribution >= 0.6 is 11.3 Å². The molecule has 3 N–H and O–H groups in total. The van der Waals surface area contributed by atoms with Crippen LogP contribution in [0.4, 0.5) is 0 Å². The number of amides is 1. The monoisotopic (exact) mass is 337 g/mol. The van der Waals surface area contributed by atoms with Crippen LogP contribution in [-0.2, 0) is 11.2 Å². The van der Waals surface area contributed by atoms with Crippen molar-refractivity contribution in [3.63, 3.8) is 0 Å². The molecule has 1 heterocycles. The minimum absolute atomic E-state index is 0.228. The van der Waals surface area contributed by atoms with E-state index in [-0.39, 0.29) is 11.7 Å². The number of carbonyl (C=O) groups excluding carboxylic acids is 1. The van der Waals surface area contributed by atoms with Crippen LogP contribution in [0.3, 0.4) is 0 Å². The van der Waals surface area contributed by atoms with Crippen molar-refractivity contribution < 1.29 is 9.90 Å². The van der Waals surface area contributed by atoms with E-state index in [1.165, 1.54) is 11.1 Å². The summed E-state index contributed by atoms with van der Waals surface area (Å²) in [4.78, 5) is 11.2. The fourth-order valence-electron chi connectivity index (χ4n) is 2.84.